The normalized spacial score (nSPS) is 14.9. The number of carbonyl (C=O) groups excluding carboxylic acids is 16. The lowest BCUT2D eigenvalue weighted by atomic mass is 9.95. The van der Waals surface area contributed by atoms with Crippen molar-refractivity contribution in [2.75, 3.05) is 18.6 Å². The summed E-state index contributed by atoms with van der Waals surface area (Å²) >= 11 is 1.30. The minimum Gasteiger partial charge on any atom is -0.508 e. The van der Waals surface area contributed by atoms with E-state index in [9.17, 15) is 117 Å². The summed E-state index contributed by atoms with van der Waals surface area (Å²) in [6.07, 6.45) is 1.88. The van der Waals surface area contributed by atoms with Gasteiger partial charge < -0.3 is 126 Å². The smallest absolute Gasteiger partial charge is 0.326 e. The molecule has 2 heterocycles. The van der Waals surface area contributed by atoms with Crippen LogP contribution in [0.4, 0.5) is 0 Å². The zero-order valence-corrected chi connectivity index (χ0v) is 82.5. The summed E-state index contributed by atoms with van der Waals surface area (Å²) in [5.41, 5.74) is 8.11. The van der Waals surface area contributed by atoms with Crippen LogP contribution >= 0.6 is 11.8 Å². The Balaban J connectivity index is 1.35. The number of carboxylic acid groups (broad SMARTS) is 4. The van der Waals surface area contributed by atoms with Gasteiger partial charge >= 0.3 is 23.9 Å². The number of rotatable bonds is 62. The SMILES string of the molecule is CCC(C)C(NC(=O)C(CC(=O)O)NC(=O)C(CC(C)C)NC(=O)C(Cc1c[nH]cn1)NC(=O)C(C)NC(=O)C(Cc1ccccc1)NC(=O)C(Cc1ccc(O)cc1)NC(=O)C(NC(=O)C(C)NC(=O)C(CCC(=O)O)NC(=O)C(CCCCN)NC(=O)C(CC(=O)O)NC(=O)C(CCSC)NC(=O)C(CC(C)C)NC(C)=O)C(C)C)C(=O)NC(C(=O)NC(Cc1c[nH]c2ccccc12)C(=O)O)C(C)C. The molecule has 17 atom stereocenters. The van der Waals surface area contributed by atoms with Gasteiger partial charge in [0.1, 0.15) is 102 Å². The number of fused-ring (bicyclic) bond motifs is 1. The number of nitrogens with two attached hydrogens (primary N) is 1. The molecule has 0 fully saturated rings. The maximum absolute atomic E-state index is 15.1. The molecule has 17 unspecified atom stereocenters. The first-order chi connectivity index (χ1) is 66.5. The molecule has 45 nitrogen and oxygen atoms in total. The highest BCUT2D eigenvalue weighted by atomic mass is 32.2. The van der Waals surface area contributed by atoms with Crippen LogP contribution in [0, 0.1) is 29.6 Å². The van der Waals surface area contributed by atoms with Crippen molar-refractivity contribution in [1.29, 1.82) is 0 Å². The zero-order chi connectivity index (χ0) is 105. The van der Waals surface area contributed by atoms with Crippen molar-refractivity contribution in [3.05, 3.63) is 120 Å². The van der Waals surface area contributed by atoms with Crippen molar-refractivity contribution in [2.45, 2.75) is 283 Å². The molecule has 0 saturated carbocycles. The second kappa shape index (κ2) is 58.7. The van der Waals surface area contributed by atoms with Crippen LogP contribution in [0.25, 0.3) is 10.9 Å². The Bertz CT molecular complexity index is 5100. The molecule has 0 aliphatic rings. The van der Waals surface area contributed by atoms with Gasteiger partial charge in [0.2, 0.25) is 94.5 Å². The summed E-state index contributed by atoms with van der Waals surface area (Å²) < 4.78 is 0. The molecule has 25 N–H and O–H groups in total. The van der Waals surface area contributed by atoms with Crippen LogP contribution < -0.4 is 90.8 Å². The molecule has 5 aromatic rings. The Kier molecular flexibility index (Phi) is 48.9. The fourth-order valence-electron chi connectivity index (χ4n) is 14.9. The van der Waals surface area contributed by atoms with Crippen LogP contribution in [0.1, 0.15) is 183 Å². The van der Waals surface area contributed by atoms with Crippen molar-refractivity contribution in [2.24, 2.45) is 35.3 Å². The molecule has 16 amide bonds. The van der Waals surface area contributed by atoms with Gasteiger partial charge in [0.25, 0.3) is 0 Å². The molecule has 46 heteroatoms. The van der Waals surface area contributed by atoms with Gasteiger partial charge in [-0.05, 0) is 142 Å². The number of nitrogens with one attached hydrogen (secondary N) is 18. The van der Waals surface area contributed by atoms with Gasteiger partial charge in [0.15, 0.2) is 0 Å². The van der Waals surface area contributed by atoms with E-state index in [1.165, 1.54) is 83.2 Å². The molecular weight excluding hydrogens is 1850 g/mol. The molecule has 5 rings (SSSR count). The summed E-state index contributed by atoms with van der Waals surface area (Å²) in [5.74, 6) is -24.3. The number of amides is 16. The van der Waals surface area contributed by atoms with Crippen LogP contribution in [0.15, 0.2) is 97.6 Å². The predicted molar refractivity (Wildman–Crippen MR) is 517 cm³/mol. The number of imidazole rings is 1. The number of carboxylic acids is 4. The van der Waals surface area contributed by atoms with Crippen molar-refractivity contribution in [3.8, 4) is 5.75 Å². The van der Waals surface area contributed by atoms with E-state index < -0.39 is 264 Å². The Morgan fingerprint density at radius 1 is 0.390 bits per heavy atom. The average Bonchev–Trinajstić information content (AvgIpc) is 1.76. The standard InChI is InChI=1S/C95H138N20O25S/c1-15-52(10)79(94(138)114-78(51(8)9)93(137)112-73(95(139)140)41-58-45-98-62-26-20-19-25-61(58)62)115-91(135)72(44-76(122)123)110-87(131)67(38-49(4)5)107-89(133)70(42-59-46-97-47-99-59)106-80(124)53(11)101-85(129)68(39-56-23-17-16-18-24-56)108-88(132)69(40-57-28-30-60(117)31-29-57)111-92(136)77(50(6)7)113-81(125)54(12)100-82(126)64(32-33-74(118)119)104-83(127)63(27-21-22-35-96)103-90(134)71(43-75(120)121)109-84(128)65(34-36-141-14)105-86(130)66(37-48(2)3)102-55(13)116/h16-20,23-26,28-31,45-54,63-73,77-79,98,117H,15,21-22,27,32-44,96H2,1-14H3,(H,97,99)(H,100,126)(H,101,129)(H,102,116)(H,103,134)(H,104,127)(H,105,130)(H,106,124)(H,107,133)(H,108,132)(H,109,128)(H,110,131)(H,111,136)(H,112,137)(H,113,125)(H,114,138)(H,115,135)(H,118,119)(H,120,121)(H,122,123)(H,139,140). The van der Waals surface area contributed by atoms with Gasteiger partial charge in [-0.15, -0.1) is 0 Å². The lowest BCUT2D eigenvalue weighted by molar-refractivity contribution is -0.143. The van der Waals surface area contributed by atoms with Crippen molar-refractivity contribution >= 4 is 141 Å². The van der Waals surface area contributed by atoms with Gasteiger partial charge in [-0.3, -0.25) is 91.1 Å². The van der Waals surface area contributed by atoms with Crippen LogP contribution in [0.3, 0.4) is 0 Å². The summed E-state index contributed by atoms with van der Waals surface area (Å²) in [6, 6.07) is -4.26. The average molecular weight is 1990 g/mol. The first-order valence-corrected chi connectivity index (χ1v) is 48.2. The van der Waals surface area contributed by atoms with Gasteiger partial charge in [-0.1, -0.05) is 136 Å². The highest BCUT2D eigenvalue weighted by Crippen LogP contribution is 2.22. The van der Waals surface area contributed by atoms with E-state index in [1.807, 2.05) is 0 Å². The zero-order valence-electron chi connectivity index (χ0n) is 81.7. The first-order valence-electron chi connectivity index (χ1n) is 46.8. The molecule has 3 aromatic carbocycles. The van der Waals surface area contributed by atoms with Gasteiger partial charge in [0.05, 0.1) is 24.9 Å². The Morgan fingerprint density at radius 2 is 0.787 bits per heavy atom. The number of hydrogen-bond acceptors (Lipinski definition) is 24. The summed E-state index contributed by atoms with van der Waals surface area (Å²) in [4.78, 5) is 288. The number of phenolic OH excluding ortho intramolecular Hbond substituents is 1. The maximum Gasteiger partial charge on any atom is 0.326 e. The van der Waals surface area contributed by atoms with E-state index in [-0.39, 0.29) is 94.5 Å². The van der Waals surface area contributed by atoms with E-state index in [4.69, 9.17) is 5.73 Å². The third kappa shape index (κ3) is 40.3. The van der Waals surface area contributed by atoms with Crippen LogP contribution in [-0.2, 0) is 122 Å². The van der Waals surface area contributed by atoms with E-state index in [0.717, 1.165) is 10.9 Å². The molecule has 0 saturated heterocycles. The Labute approximate surface area is 821 Å². The lowest BCUT2D eigenvalue weighted by Crippen LogP contribution is -2.62. The number of unbranched alkanes of at least 4 members (excludes halogenated alkanes) is 1. The number of phenols is 1. The van der Waals surface area contributed by atoms with Crippen molar-refractivity contribution in [3.63, 3.8) is 0 Å². The minimum atomic E-state index is -1.92. The lowest BCUT2D eigenvalue weighted by Gasteiger charge is -2.30. The Hall–Kier alpha value is -14.1. The van der Waals surface area contributed by atoms with Crippen LogP contribution in [-0.4, -0.2) is 274 Å². The molecule has 774 valence electrons. The van der Waals surface area contributed by atoms with E-state index in [1.54, 1.807) is 122 Å². The number of aliphatic carboxylic acids is 4. The van der Waals surface area contributed by atoms with E-state index in [0.29, 0.717) is 22.4 Å². The third-order valence-corrected chi connectivity index (χ3v) is 23.5. The molecule has 0 bridgehead atoms. The van der Waals surface area contributed by atoms with Gasteiger partial charge in [0, 0.05) is 62.3 Å². The number of para-hydroxylation sites is 1. The number of aromatic amines is 2. The van der Waals surface area contributed by atoms with E-state index in [2.05, 4.69) is 100 Å². The number of H-pyrrole nitrogens is 2. The van der Waals surface area contributed by atoms with Gasteiger partial charge in [-0.2, -0.15) is 11.8 Å². The second-order valence-corrected chi connectivity index (χ2v) is 37.3. The summed E-state index contributed by atoms with van der Waals surface area (Å²) in [5, 5.41) is 91.7. The van der Waals surface area contributed by atoms with E-state index >= 15 is 4.79 Å². The topological polar surface area (TPSA) is 706 Å². The molecular formula is C95H138N20O25S. The fourth-order valence-corrected chi connectivity index (χ4v) is 15.4. The third-order valence-electron chi connectivity index (χ3n) is 22.9. The summed E-state index contributed by atoms with van der Waals surface area (Å²) in [6.45, 7) is 20.2. The van der Waals surface area contributed by atoms with Crippen molar-refractivity contribution in [1.82, 2.24) is 100 Å². The molecule has 2 aromatic heterocycles. The number of hydrogen-bond donors (Lipinski definition) is 24. The molecule has 0 aliphatic carbocycles. The summed E-state index contributed by atoms with van der Waals surface area (Å²) in [7, 11) is 0. The number of aromatic hydroxyl groups is 1. The predicted octanol–water partition coefficient (Wildman–Crippen LogP) is -0.0851. The fraction of sp³-hybridized carbons (Fsp3) is 0.547. The molecule has 0 aliphatic heterocycles. The quantitative estimate of drug-likeness (QED) is 0.0226. The van der Waals surface area contributed by atoms with Gasteiger partial charge in [-0.25, -0.2) is 9.78 Å². The monoisotopic (exact) mass is 1990 g/mol. The van der Waals surface area contributed by atoms with Crippen molar-refractivity contribution < 1.29 is 121 Å². The molecule has 141 heavy (non-hydrogen) atoms. The molecule has 0 radical (unpaired) electrons. The van der Waals surface area contributed by atoms with Crippen LogP contribution in [0.5, 0.6) is 5.75 Å². The number of nitrogens with zero attached hydrogens (tertiary/aromatic N) is 1. The number of benzene rings is 3. The second-order valence-electron chi connectivity index (χ2n) is 36.3. The highest BCUT2D eigenvalue weighted by Gasteiger charge is 2.42. The number of aromatic nitrogens is 3. The Morgan fingerprint density at radius 3 is 1.27 bits per heavy atom. The molecule has 0 spiro atoms. The first kappa shape index (κ1) is 117. The maximum atomic E-state index is 15.1. The number of thioether (sulfide) groups is 1. The highest BCUT2D eigenvalue weighted by molar-refractivity contribution is 7.98. The van der Waals surface area contributed by atoms with Crippen LogP contribution in [0.2, 0.25) is 0 Å². The largest absolute Gasteiger partial charge is 0.508 e. The minimum absolute atomic E-state index is 0.0148. The number of carbonyl (C=O) groups is 20.